The molecule has 6 aromatic rings. The summed E-state index contributed by atoms with van der Waals surface area (Å²) in [4.78, 5) is 15.8. The first-order chi connectivity index (χ1) is 18.6. The van der Waals surface area contributed by atoms with Gasteiger partial charge in [-0.3, -0.25) is 0 Å². The molecular formula is C30H30N4O4. The Labute approximate surface area is 218 Å². The number of nitrogens with zero attached hydrogens (tertiary/aromatic N) is 2. The average molecular weight is 511 g/mol. The van der Waals surface area contributed by atoms with E-state index in [-0.39, 0.29) is 18.0 Å². The molecule has 194 valence electrons. The van der Waals surface area contributed by atoms with Crippen LogP contribution in [0.25, 0.3) is 54.4 Å². The van der Waals surface area contributed by atoms with Gasteiger partial charge in [-0.25, -0.2) is 4.79 Å². The van der Waals surface area contributed by atoms with Crippen molar-refractivity contribution in [3.63, 3.8) is 0 Å². The second-order valence-electron chi connectivity index (χ2n) is 10.3. The summed E-state index contributed by atoms with van der Waals surface area (Å²) in [6.45, 7) is 3.71. The summed E-state index contributed by atoms with van der Waals surface area (Å²) in [6.07, 6.45) is 2.63. The molecule has 0 fully saturated rings. The molecule has 1 aliphatic rings. The predicted octanol–water partition coefficient (Wildman–Crippen LogP) is 6.01. The number of aromatic nitrogens is 3. The van der Waals surface area contributed by atoms with E-state index in [0.29, 0.717) is 32.5 Å². The second kappa shape index (κ2) is 8.70. The normalized spacial score (nSPS) is 16.8. The van der Waals surface area contributed by atoms with Crippen molar-refractivity contribution in [2.75, 3.05) is 13.7 Å². The van der Waals surface area contributed by atoms with E-state index in [1.54, 1.807) is 7.11 Å². The van der Waals surface area contributed by atoms with Crippen molar-refractivity contribution in [2.24, 2.45) is 0 Å². The molecule has 3 aromatic heterocycles. The van der Waals surface area contributed by atoms with Crippen molar-refractivity contribution < 1.29 is 19.4 Å². The van der Waals surface area contributed by atoms with Crippen molar-refractivity contribution in [3.05, 3.63) is 54.7 Å². The van der Waals surface area contributed by atoms with Crippen LogP contribution in [0.2, 0.25) is 0 Å². The van der Waals surface area contributed by atoms with E-state index in [1.807, 2.05) is 19.2 Å². The van der Waals surface area contributed by atoms with Gasteiger partial charge in [0.25, 0.3) is 0 Å². The number of alkyl carbamates (subject to hydrolysis) is 1. The van der Waals surface area contributed by atoms with Gasteiger partial charge < -0.3 is 34.0 Å². The molecule has 2 atom stereocenters. The van der Waals surface area contributed by atoms with Crippen LogP contribution in [0.15, 0.2) is 54.7 Å². The van der Waals surface area contributed by atoms with Crippen LogP contribution in [-0.4, -0.2) is 51.2 Å². The summed E-state index contributed by atoms with van der Waals surface area (Å²) in [5.74, 6) is 0.185. The van der Waals surface area contributed by atoms with Crippen LogP contribution in [0, 0.1) is 0 Å². The Morgan fingerprint density at radius 3 is 2.24 bits per heavy atom. The standard InChI is InChI=1S/C30H30N4O4/c1-17(16-37-2)32-30(36)38-18-11-13-33-22-9-5-3-7-19(22)24-21-15-31-29(35)26(21)25-20-8-4-6-10-23(20)34(14-12-18)28(25)27(24)33/h3-10,15,17-18,31,35H,11-14,16H2,1-2H3,(H,32,36)/t17-,18?/m0/s1. The third kappa shape index (κ3) is 3.29. The maximum absolute atomic E-state index is 12.7. The molecular weight excluding hydrogens is 480 g/mol. The lowest BCUT2D eigenvalue weighted by Gasteiger charge is -2.20. The number of H-pyrrole nitrogens is 1. The Hall–Kier alpha value is -4.17. The van der Waals surface area contributed by atoms with Crippen molar-refractivity contribution in [1.82, 2.24) is 19.4 Å². The number of aryl methyl sites for hydroxylation is 2. The van der Waals surface area contributed by atoms with Crippen molar-refractivity contribution in [3.8, 4) is 5.88 Å². The van der Waals surface area contributed by atoms with E-state index >= 15 is 0 Å². The molecule has 0 radical (unpaired) electrons. The molecule has 1 aliphatic heterocycles. The lowest BCUT2D eigenvalue weighted by Crippen LogP contribution is -2.38. The minimum absolute atomic E-state index is 0.134. The third-order valence-corrected chi connectivity index (χ3v) is 7.95. The lowest BCUT2D eigenvalue weighted by atomic mass is 10.0. The van der Waals surface area contributed by atoms with Gasteiger partial charge in [-0.15, -0.1) is 0 Å². The van der Waals surface area contributed by atoms with Gasteiger partial charge in [-0.2, -0.15) is 0 Å². The smallest absolute Gasteiger partial charge is 0.407 e. The number of nitrogens with one attached hydrogen (secondary N) is 2. The van der Waals surface area contributed by atoms with Gasteiger partial charge in [0.05, 0.1) is 29.1 Å². The zero-order valence-electron chi connectivity index (χ0n) is 21.5. The monoisotopic (exact) mass is 510 g/mol. The van der Waals surface area contributed by atoms with Crippen molar-refractivity contribution in [1.29, 1.82) is 0 Å². The number of carbonyl (C=O) groups excluding carboxylic acids is 1. The van der Waals surface area contributed by atoms with E-state index in [1.165, 1.54) is 0 Å². The first kappa shape index (κ1) is 23.0. The highest BCUT2D eigenvalue weighted by atomic mass is 16.6. The number of benzene rings is 3. The minimum atomic E-state index is -0.416. The number of fused-ring (bicyclic) bond motifs is 9. The molecule has 1 amide bonds. The van der Waals surface area contributed by atoms with Crippen LogP contribution in [0.1, 0.15) is 19.8 Å². The van der Waals surface area contributed by atoms with E-state index in [2.05, 4.69) is 61.9 Å². The first-order valence-corrected chi connectivity index (χ1v) is 13.2. The number of ether oxygens (including phenoxy) is 2. The molecule has 3 N–H and O–H groups in total. The van der Waals surface area contributed by atoms with Crippen LogP contribution >= 0.6 is 0 Å². The summed E-state index contributed by atoms with van der Waals surface area (Å²) in [5.41, 5.74) is 4.50. The molecule has 1 unspecified atom stereocenters. The molecule has 3 aromatic carbocycles. The number of methoxy groups -OCH3 is 1. The molecule has 8 heteroatoms. The molecule has 38 heavy (non-hydrogen) atoms. The van der Waals surface area contributed by atoms with Crippen molar-refractivity contribution >= 4 is 60.5 Å². The Morgan fingerprint density at radius 1 is 0.974 bits per heavy atom. The van der Waals surface area contributed by atoms with E-state index < -0.39 is 6.09 Å². The number of para-hydroxylation sites is 2. The zero-order chi connectivity index (χ0) is 26.0. The predicted molar refractivity (Wildman–Crippen MR) is 150 cm³/mol. The number of carbonyl (C=O) groups is 1. The van der Waals surface area contributed by atoms with Gasteiger partial charge in [0.15, 0.2) is 5.88 Å². The molecule has 0 aliphatic carbocycles. The fourth-order valence-corrected chi connectivity index (χ4v) is 6.44. The third-order valence-electron chi connectivity index (χ3n) is 7.95. The number of hydrogen-bond donors (Lipinski definition) is 3. The van der Waals surface area contributed by atoms with Crippen LogP contribution in [0.4, 0.5) is 4.79 Å². The number of aromatic amines is 1. The van der Waals surface area contributed by atoms with Gasteiger partial charge in [0.2, 0.25) is 0 Å². The maximum atomic E-state index is 12.7. The van der Waals surface area contributed by atoms with Crippen LogP contribution in [0.3, 0.4) is 0 Å². The molecule has 0 spiro atoms. The number of amides is 1. The van der Waals surface area contributed by atoms with Crippen LogP contribution in [-0.2, 0) is 22.6 Å². The number of rotatable bonds is 4. The molecule has 0 saturated heterocycles. The zero-order valence-corrected chi connectivity index (χ0v) is 21.5. The van der Waals surface area contributed by atoms with Gasteiger partial charge in [-0.1, -0.05) is 36.4 Å². The Balaban J connectivity index is 1.48. The highest BCUT2D eigenvalue weighted by molar-refractivity contribution is 6.36. The van der Waals surface area contributed by atoms with E-state index in [9.17, 15) is 9.90 Å². The van der Waals surface area contributed by atoms with Gasteiger partial charge in [-0.05, 0) is 19.1 Å². The highest BCUT2D eigenvalue weighted by Gasteiger charge is 2.27. The minimum Gasteiger partial charge on any atom is -0.494 e. The summed E-state index contributed by atoms with van der Waals surface area (Å²) >= 11 is 0. The van der Waals surface area contributed by atoms with Gasteiger partial charge >= 0.3 is 6.09 Å². The highest BCUT2D eigenvalue weighted by Crippen LogP contribution is 2.47. The lowest BCUT2D eigenvalue weighted by molar-refractivity contribution is 0.0763. The molecule has 0 bridgehead atoms. The maximum Gasteiger partial charge on any atom is 0.407 e. The Kier molecular flexibility index (Phi) is 5.26. The number of aromatic hydroxyl groups is 1. The summed E-state index contributed by atoms with van der Waals surface area (Å²) in [6, 6.07) is 16.7. The van der Waals surface area contributed by atoms with Crippen molar-refractivity contribution in [2.45, 2.75) is 45.0 Å². The average Bonchev–Trinajstić information content (AvgIpc) is 3.56. The fourth-order valence-electron chi connectivity index (χ4n) is 6.44. The van der Waals surface area contributed by atoms with Gasteiger partial charge in [0.1, 0.15) is 6.10 Å². The molecule has 4 heterocycles. The second-order valence-corrected chi connectivity index (χ2v) is 10.3. The summed E-state index contributed by atoms with van der Waals surface area (Å²) in [7, 11) is 1.62. The van der Waals surface area contributed by atoms with Crippen LogP contribution in [0.5, 0.6) is 5.88 Å². The Bertz CT molecular complexity index is 1860. The fraction of sp³-hybridized carbons (Fsp3) is 0.300. The summed E-state index contributed by atoms with van der Waals surface area (Å²) < 4.78 is 15.8. The van der Waals surface area contributed by atoms with E-state index in [0.717, 1.165) is 54.4 Å². The molecule has 7 rings (SSSR count). The quantitative estimate of drug-likeness (QED) is 0.271. The first-order valence-electron chi connectivity index (χ1n) is 13.2. The number of hydrogen-bond acceptors (Lipinski definition) is 4. The summed E-state index contributed by atoms with van der Waals surface area (Å²) in [5, 5.41) is 20.2. The molecule has 0 saturated carbocycles. The topological polar surface area (TPSA) is 93.4 Å². The van der Waals surface area contributed by atoms with Crippen LogP contribution < -0.4 is 5.32 Å². The largest absolute Gasteiger partial charge is 0.494 e. The molecule has 8 nitrogen and oxygen atoms in total. The Morgan fingerprint density at radius 2 is 1.58 bits per heavy atom. The van der Waals surface area contributed by atoms with E-state index in [4.69, 9.17) is 9.47 Å². The van der Waals surface area contributed by atoms with Gasteiger partial charge in [0, 0.05) is 77.2 Å². The SMILES string of the molecule is COC[C@H](C)NC(=O)OC1CCn2c3ccccc3c3c4c[nH]c(O)c4c4c5ccccc5n(c4c32)CC1.